The molecule has 2 aromatic carbocycles. The van der Waals surface area contributed by atoms with Crippen molar-refractivity contribution in [3.63, 3.8) is 0 Å². The van der Waals surface area contributed by atoms with E-state index in [4.69, 9.17) is 9.97 Å². The number of benzene rings is 2. The highest BCUT2D eigenvalue weighted by molar-refractivity contribution is 5.97. The van der Waals surface area contributed by atoms with Gasteiger partial charge in [0, 0.05) is 10.8 Å². The van der Waals surface area contributed by atoms with Gasteiger partial charge in [0.25, 0.3) is 0 Å². The van der Waals surface area contributed by atoms with Crippen molar-refractivity contribution in [3.05, 3.63) is 53.3 Å². The summed E-state index contributed by atoms with van der Waals surface area (Å²) in [4.78, 5) is 10.6. The number of unbranched alkanes of at least 4 members (excludes halogenated alkanes) is 1. The number of rotatable bonds is 7. The van der Waals surface area contributed by atoms with Gasteiger partial charge in [0.2, 0.25) is 0 Å². The summed E-state index contributed by atoms with van der Waals surface area (Å²) in [6, 6.07) is 13.5. The summed E-state index contributed by atoms with van der Waals surface area (Å²) < 4.78 is 2.42. The van der Waals surface area contributed by atoms with Crippen LogP contribution >= 0.6 is 0 Å². The second kappa shape index (κ2) is 8.07. The Morgan fingerprint density at radius 3 is 2.35 bits per heavy atom. The molecule has 3 heteroatoms. The van der Waals surface area contributed by atoms with Crippen molar-refractivity contribution >= 4 is 27.6 Å². The van der Waals surface area contributed by atoms with Crippen LogP contribution in [0, 0.1) is 0 Å². The molecule has 0 spiro atoms. The van der Waals surface area contributed by atoms with E-state index in [1.807, 2.05) is 0 Å². The fourth-order valence-corrected chi connectivity index (χ4v) is 6.78. The Labute approximate surface area is 205 Å². The van der Waals surface area contributed by atoms with E-state index >= 15 is 0 Å². The van der Waals surface area contributed by atoms with Crippen molar-refractivity contribution < 1.29 is 0 Å². The van der Waals surface area contributed by atoms with Gasteiger partial charge >= 0.3 is 0 Å². The summed E-state index contributed by atoms with van der Waals surface area (Å²) in [6.45, 7) is 16.6. The zero-order valence-corrected chi connectivity index (χ0v) is 22.3. The van der Waals surface area contributed by atoms with Gasteiger partial charge in [0.05, 0.1) is 16.6 Å². The zero-order chi connectivity index (χ0) is 24.3. The van der Waals surface area contributed by atoms with Crippen molar-refractivity contribution in [1.82, 2.24) is 14.4 Å². The molecule has 0 saturated carbocycles. The molecule has 0 aliphatic heterocycles. The monoisotopic (exact) mass is 455 g/mol. The Morgan fingerprint density at radius 2 is 1.68 bits per heavy atom. The van der Waals surface area contributed by atoms with Crippen LogP contribution in [0.5, 0.6) is 0 Å². The lowest BCUT2D eigenvalue weighted by Crippen LogP contribution is -2.26. The van der Waals surface area contributed by atoms with Gasteiger partial charge in [-0.3, -0.25) is 4.40 Å². The van der Waals surface area contributed by atoms with Gasteiger partial charge in [-0.25, -0.2) is 9.97 Å². The van der Waals surface area contributed by atoms with Gasteiger partial charge in [-0.15, -0.1) is 0 Å². The van der Waals surface area contributed by atoms with Crippen LogP contribution in [-0.4, -0.2) is 14.4 Å². The quantitative estimate of drug-likeness (QED) is 0.279. The molecule has 0 saturated heterocycles. The number of fused-ring (bicyclic) bond motifs is 6. The molecule has 0 amide bonds. The van der Waals surface area contributed by atoms with Gasteiger partial charge in [-0.05, 0) is 78.3 Å². The maximum atomic E-state index is 5.34. The lowest BCUT2D eigenvalue weighted by Gasteiger charge is -2.29. The minimum absolute atomic E-state index is 0.0110. The van der Waals surface area contributed by atoms with E-state index in [0.717, 1.165) is 34.9 Å². The lowest BCUT2D eigenvalue weighted by atomic mass is 9.75. The molecule has 34 heavy (non-hydrogen) atoms. The summed E-state index contributed by atoms with van der Waals surface area (Å²) in [6.07, 6.45) is 8.21. The highest BCUT2D eigenvalue weighted by Gasteiger charge is 2.46. The smallest absolute Gasteiger partial charge is 0.148 e. The van der Waals surface area contributed by atoms with Crippen molar-refractivity contribution in [2.45, 2.75) is 110 Å². The summed E-state index contributed by atoms with van der Waals surface area (Å²) in [7, 11) is 0. The molecule has 1 unspecified atom stereocenters. The second-order valence-electron chi connectivity index (χ2n) is 11.7. The van der Waals surface area contributed by atoms with Crippen LogP contribution in [0.2, 0.25) is 0 Å². The maximum absolute atomic E-state index is 5.34. The van der Waals surface area contributed by atoms with Gasteiger partial charge < -0.3 is 0 Å². The molecule has 2 heterocycles. The van der Waals surface area contributed by atoms with E-state index in [1.54, 1.807) is 0 Å². The van der Waals surface area contributed by atoms with Crippen molar-refractivity contribution in [2.75, 3.05) is 0 Å². The van der Waals surface area contributed by atoms with Crippen molar-refractivity contribution in [1.29, 1.82) is 0 Å². The summed E-state index contributed by atoms with van der Waals surface area (Å²) in [5.74, 6) is 1.17. The van der Waals surface area contributed by atoms with Crippen LogP contribution in [0.25, 0.3) is 27.6 Å². The predicted molar refractivity (Wildman–Crippen MR) is 145 cm³/mol. The average molecular weight is 456 g/mol. The highest BCUT2D eigenvalue weighted by Crippen LogP contribution is 2.54. The Hall–Kier alpha value is -2.42. The largest absolute Gasteiger partial charge is 0.279 e. The van der Waals surface area contributed by atoms with E-state index < -0.39 is 0 Å². The summed E-state index contributed by atoms with van der Waals surface area (Å²) in [5.41, 5.74) is 7.94. The van der Waals surface area contributed by atoms with Crippen LogP contribution in [0.4, 0.5) is 0 Å². The normalized spacial score (nSPS) is 18.6. The predicted octanol–water partition coefficient (Wildman–Crippen LogP) is 8.63. The molecule has 5 rings (SSSR count). The fourth-order valence-electron chi connectivity index (χ4n) is 6.78. The van der Waals surface area contributed by atoms with Crippen LogP contribution < -0.4 is 0 Å². The first kappa shape index (κ1) is 23.3. The number of hydrogen-bond acceptors (Lipinski definition) is 2. The zero-order valence-electron chi connectivity index (χ0n) is 22.3. The Morgan fingerprint density at radius 1 is 0.941 bits per heavy atom. The number of imidazole rings is 1. The molecule has 2 aromatic heterocycles. The van der Waals surface area contributed by atoms with Crippen molar-refractivity contribution in [3.8, 4) is 0 Å². The van der Waals surface area contributed by atoms with Crippen molar-refractivity contribution in [2.24, 2.45) is 0 Å². The minimum Gasteiger partial charge on any atom is -0.279 e. The van der Waals surface area contributed by atoms with Crippen LogP contribution in [0.3, 0.4) is 0 Å². The van der Waals surface area contributed by atoms with Gasteiger partial charge in [-0.2, -0.15) is 0 Å². The highest BCUT2D eigenvalue weighted by atomic mass is 15.1. The van der Waals surface area contributed by atoms with E-state index in [2.05, 4.69) is 89.3 Å². The van der Waals surface area contributed by atoms with E-state index in [-0.39, 0.29) is 16.2 Å². The Balaban J connectivity index is 1.91. The first-order valence-electron chi connectivity index (χ1n) is 13.5. The molecule has 0 bridgehead atoms. The number of para-hydroxylation sites is 1. The average Bonchev–Trinajstić information content (AvgIpc) is 3.33. The van der Waals surface area contributed by atoms with Crippen LogP contribution in [-0.2, 0) is 16.2 Å². The molecule has 1 aliphatic rings. The first-order valence-corrected chi connectivity index (χ1v) is 13.5. The molecule has 0 radical (unpaired) electrons. The van der Waals surface area contributed by atoms with Gasteiger partial charge in [-0.1, -0.05) is 73.4 Å². The summed E-state index contributed by atoms with van der Waals surface area (Å²) in [5, 5.41) is 1.15. The minimum atomic E-state index is 0.0110. The number of nitrogens with zero attached hydrogens (tertiary/aromatic N) is 3. The number of aromatic nitrogens is 3. The molecule has 1 aliphatic carbocycles. The molecule has 1 atom stereocenters. The fraction of sp³-hybridized carbons (Fsp3) is 0.548. The summed E-state index contributed by atoms with van der Waals surface area (Å²) >= 11 is 0. The molecule has 0 fully saturated rings. The Bertz CT molecular complexity index is 1370. The third kappa shape index (κ3) is 3.22. The molecule has 4 aromatic rings. The number of hydrogen-bond donors (Lipinski definition) is 0. The second-order valence-corrected chi connectivity index (χ2v) is 11.7. The molecule has 0 N–H and O–H groups in total. The van der Waals surface area contributed by atoms with E-state index in [9.17, 15) is 0 Å². The van der Waals surface area contributed by atoms with Crippen LogP contribution in [0.15, 0.2) is 36.4 Å². The molecular weight excluding hydrogens is 414 g/mol. The first-order chi connectivity index (χ1) is 16.2. The SMILES string of the molecule is CCCCC(C)(CC)c1nc2ccccc2c2nc3cc4c(cc3n12)C(C)(C)CC4(CC)CC. The lowest BCUT2D eigenvalue weighted by molar-refractivity contribution is 0.329. The third-order valence-electron chi connectivity index (χ3n) is 9.21. The topological polar surface area (TPSA) is 30.2 Å². The molecule has 180 valence electrons. The maximum Gasteiger partial charge on any atom is 0.148 e. The van der Waals surface area contributed by atoms with Crippen LogP contribution in [0.1, 0.15) is 110 Å². The van der Waals surface area contributed by atoms with E-state index in [1.165, 1.54) is 54.6 Å². The molecule has 3 nitrogen and oxygen atoms in total. The Kier molecular flexibility index (Phi) is 5.54. The molecular formula is C31H41N3. The third-order valence-corrected chi connectivity index (χ3v) is 9.21. The standard InChI is InChI=1S/C31H41N3/c1-8-12-17-30(7,9-2)28-33-24-16-14-13-15-21(24)27-32-25-18-23-22(19-26(25)34(27)28)29(5,6)20-31(23,10-3)11-4/h13-16,18-19H,8-12,17,20H2,1-7H3. The van der Waals surface area contributed by atoms with E-state index in [0.29, 0.717) is 0 Å². The van der Waals surface area contributed by atoms with Gasteiger partial charge in [0.15, 0.2) is 0 Å². The van der Waals surface area contributed by atoms with Gasteiger partial charge in [0.1, 0.15) is 11.5 Å².